The van der Waals surface area contributed by atoms with Crippen LogP contribution in [0.1, 0.15) is 51.4 Å². The van der Waals surface area contributed by atoms with E-state index in [1.165, 1.54) is 5.56 Å². The van der Waals surface area contributed by atoms with Gasteiger partial charge in [0.1, 0.15) is 18.2 Å². The number of benzene rings is 3. The van der Waals surface area contributed by atoms with Crippen LogP contribution in [0.15, 0.2) is 85.3 Å². The van der Waals surface area contributed by atoms with Crippen LogP contribution in [0.5, 0.6) is 11.6 Å². The van der Waals surface area contributed by atoms with E-state index >= 15 is 0 Å². The van der Waals surface area contributed by atoms with Gasteiger partial charge in [0.25, 0.3) is 0 Å². The number of aromatic carboxylic acids is 1. The van der Waals surface area contributed by atoms with Crippen LogP contribution in [-0.2, 0) is 30.7 Å². The average Bonchev–Trinajstić information content (AvgIpc) is 3.66. The molecule has 3 aromatic carbocycles. The van der Waals surface area contributed by atoms with Crippen LogP contribution in [0, 0.1) is 6.92 Å². The van der Waals surface area contributed by atoms with Gasteiger partial charge in [0.2, 0.25) is 5.88 Å². The van der Waals surface area contributed by atoms with E-state index in [0.717, 1.165) is 82.2 Å². The lowest BCUT2D eigenvalue weighted by molar-refractivity contribution is -0.0589. The zero-order valence-electron chi connectivity index (χ0n) is 26.6. The first-order valence-corrected chi connectivity index (χ1v) is 16.3. The molecular formula is C38H35N5O5. The summed E-state index contributed by atoms with van der Waals surface area (Å²) >= 11 is 0. The highest BCUT2D eigenvalue weighted by Crippen LogP contribution is 2.32. The summed E-state index contributed by atoms with van der Waals surface area (Å²) in [5.74, 6) is 1.20. The van der Waals surface area contributed by atoms with Crippen LogP contribution in [0.25, 0.3) is 28.0 Å². The zero-order valence-corrected chi connectivity index (χ0v) is 26.6. The van der Waals surface area contributed by atoms with Crippen molar-refractivity contribution in [1.29, 1.82) is 0 Å². The van der Waals surface area contributed by atoms with Crippen molar-refractivity contribution in [1.82, 2.24) is 24.1 Å². The van der Waals surface area contributed by atoms with Crippen molar-refractivity contribution in [2.45, 2.75) is 51.9 Å². The molecule has 1 atom stereocenters. The number of pyridine rings is 1. The number of carbonyl (C=O) groups is 1. The normalized spacial score (nSPS) is 15.9. The van der Waals surface area contributed by atoms with Gasteiger partial charge >= 0.3 is 5.97 Å². The Hall–Kier alpha value is -5.48. The summed E-state index contributed by atoms with van der Waals surface area (Å²) in [5, 5.41) is 9.66. The van der Waals surface area contributed by atoms with Crippen molar-refractivity contribution < 1.29 is 24.1 Å². The molecule has 0 aliphatic carbocycles. The fourth-order valence-corrected chi connectivity index (χ4v) is 6.40. The Kier molecular flexibility index (Phi) is 7.85. The molecule has 10 heteroatoms. The lowest BCUT2D eigenvalue weighted by atomic mass is 10.0. The molecule has 3 aromatic heterocycles. The SMILES string of the molecule is Cc1cn(-c2ccc3c(c2)CCCOc2cc(ccc2Cc2nc4ccc(C(=O)O)cc4n2CC2CCO2)-c2cccc(n2)OC3)cn1. The third-order valence-electron chi connectivity index (χ3n) is 9.11. The Morgan fingerprint density at radius 2 is 1.90 bits per heavy atom. The summed E-state index contributed by atoms with van der Waals surface area (Å²) in [6.45, 7) is 4.27. The van der Waals surface area contributed by atoms with Crippen LogP contribution in [0.4, 0.5) is 0 Å². The van der Waals surface area contributed by atoms with Crippen LogP contribution in [0.3, 0.4) is 0 Å². The molecule has 1 fully saturated rings. The van der Waals surface area contributed by atoms with Gasteiger partial charge < -0.3 is 28.5 Å². The second-order valence-electron chi connectivity index (χ2n) is 12.4. The molecule has 5 heterocycles. The molecule has 0 amide bonds. The van der Waals surface area contributed by atoms with E-state index in [1.54, 1.807) is 18.2 Å². The van der Waals surface area contributed by atoms with E-state index in [0.29, 0.717) is 32.1 Å². The van der Waals surface area contributed by atoms with Gasteiger partial charge in [-0.15, -0.1) is 0 Å². The maximum absolute atomic E-state index is 11.8. The van der Waals surface area contributed by atoms with E-state index in [4.69, 9.17) is 24.2 Å². The van der Waals surface area contributed by atoms with Gasteiger partial charge in [0, 0.05) is 42.1 Å². The van der Waals surface area contributed by atoms with E-state index in [9.17, 15) is 9.90 Å². The van der Waals surface area contributed by atoms with Gasteiger partial charge in [-0.1, -0.05) is 24.3 Å². The molecule has 1 unspecified atom stereocenters. The molecule has 4 bridgehead atoms. The molecule has 0 radical (unpaired) electrons. The number of hydrogen-bond donors (Lipinski definition) is 1. The highest BCUT2D eigenvalue weighted by atomic mass is 16.5. The molecule has 2 aliphatic rings. The maximum atomic E-state index is 11.8. The zero-order chi connectivity index (χ0) is 32.6. The second-order valence-corrected chi connectivity index (χ2v) is 12.4. The van der Waals surface area contributed by atoms with Crippen molar-refractivity contribution in [3.8, 4) is 28.6 Å². The monoisotopic (exact) mass is 641 g/mol. The number of fused-ring (bicyclic) bond motifs is 7. The van der Waals surface area contributed by atoms with Crippen LogP contribution in [-0.4, -0.2) is 54.5 Å². The Balaban J connectivity index is 1.13. The highest BCUT2D eigenvalue weighted by Gasteiger charge is 2.23. The Labute approximate surface area is 277 Å². The van der Waals surface area contributed by atoms with Crippen LogP contribution >= 0.6 is 0 Å². The maximum Gasteiger partial charge on any atom is 0.335 e. The smallest absolute Gasteiger partial charge is 0.335 e. The number of aryl methyl sites for hydroxylation is 2. The number of carboxylic acid groups (broad SMARTS) is 1. The van der Waals surface area contributed by atoms with E-state index in [2.05, 4.69) is 39.9 Å². The fraction of sp³-hybridized carbons (Fsp3) is 0.263. The molecule has 242 valence electrons. The number of imidazole rings is 2. The summed E-state index contributed by atoms with van der Waals surface area (Å²) < 4.78 is 22.7. The number of nitrogens with zero attached hydrogens (tertiary/aromatic N) is 5. The summed E-state index contributed by atoms with van der Waals surface area (Å²) in [4.78, 5) is 26.0. The summed E-state index contributed by atoms with van der Waals surface area (Å²) in [6.07, 6.45) is 7.02. The molecule has 6 aromatic rings. The molecule has 0 saturated carbocycles. The minimum atomic E-state index is -0.962. The minimum Gasteiger partial charge on any atom is -0.493 e. The van der Waals surface area contributed by atoms with Crippen molar-refractivity contribution in [2.75, 3.05) is 13.2 Å². The quantitative estimate of drug-likeness (QED) is 0.217. The van der Waals surface area contributed by atoms with Crippen molar-refractivity contribution >= 4 is 17.0 Å². The summed E-state index contributed by atoms with van der Waals surface area (Å²) in [5.41, 5.74) is 8.81. The van der Waals surface area contributed by atoms with E-state index in [1.807, 2.05) is 48.3 Å². The van der Waals surface area contributed by atoms with Crippen molar-refractivity contribution in [2.24, 2.45) is 0 Å². The van der Waals surface area contributed by atoms with E-state index < -0.39 is 5.97 Å². The number of rotatable bonds is 6. The fourth-order valence-electron chi connectivity index (χ4n) is 6.40. The molecule has 10 nitrogen and oxygen atoms in total. The standard InChI is InChI=1S/C38H35N5O5/c1-24-20-42(23-39-24)30-11-9-29-22-48-37-6-2-5-32(41-37)26-7-8-27(35(18-26)47-14-3-4-25(29)16-30)19-36-40-33-12-10-28(38(44)45)17-34(33)43(36)21-31-13-15-46-31/h2,5-12,16-18,20,23,31H,3-4,13-15,19,21-22H2,1H3,(H,44,45). The molecule has 2 aliphatic heterocycles. The highest BCUT2D eigenvalue weighted by molar-refractivity contribution is 5.92. The molecular weight excluding hydrogens is 606 g/mol. The Morgan fingerprint density at radius 1 is 0.979 bits per heavy atom. The number of hydrogen-bond acceptors (Lipinski definition) is 7. The lowest BCUT2D eigenvalue weighted by Gasteiger charge is -2.27. The predicted octanol–water partition coefficient (Wildman–Crippen LogP) is 6.57. The first kappa shape index (κ1) is 29.9. The summed E-state index contributed by atoms with van der Waals surface area (Å²) in [7, 11) is 0. The van der Waals surface area contributed by atoms with Gasteiger partial charge in [-0.05, 0) is 79.8 Å². The Morgan fingerprint density at radius 3 is 2.71 bits per heavy atom. The van der Waals surface area contributed by atoms with Crippen LogP contribution in [0.2, 0.25) is 0 Å². The predicted molar refractivity (Wildman–Crippen MR) is 180 cm³/mol. The summed E-state index contributed by atoms with van der Waals surface area (Å²) in [6, 6.07) is 23.5. The Bertz CT molecular complexity index is 2150. The third-order valence-corrected chi connectivity index (χ3v) is 9.11. The lowest BCUT2D eigenvalue weighted by Crippen LogP contribution is -2.31. The van der Waals surface area contributed by atoms with Gasteiger partial charge in [0.05, 0.1) is 53.6 Å². The van der Waals surface area contributed by atoms with Gasteiger partial charge in [-0.25, -0.2) is 19.7 Å². The topological polar surface area (TPSA) is 114 Å². The number of aromatic nitrogens is 5. The third kappa shape index (κ3) is 6.02. The molecule has 1 saturated heterocycles. The van der Waals surface area contributed by atoms with Gasteiger partial charge in [-0.3, -0.25) is 0 Å². The molecule has 48 heavy (non-hydrogen) atoms. The first-order valence-electron chi connectivity index (χ1n) is 16.3. The first-order chi connectivity index (χ1) is 23.5. The van der Waals surface area contributed by atoms with Crippen LogP contribution < -0.4 is 9.47 Å². The molecule has 8 rings (SSSR count). The van der Waals surface area contributed by atoms with Gasteiger partial charge in [-0.2, -0.15) is 0 Å². The number of carboxylic acids is 1. The van der Waals surface area contributed by atoms with E-state index in [-0.39, 0.29) is 11.7 Å². The number of ether oxygens (including phenoxy) is 3. The largest absolute Gasteiger partial charge is 0.493 e. The minimum absolute atomic E-state index is 0.0769. The molecule has 1 N–H and O–H groups in total. The average molecular weight is 642 g/mol. The van der Waals surface area contributed by atoms with Crippen molar-refractivity contribution in [3.05, 3.63) is 119 Å². The van der Waals surface area contributed by atoms with Crippen molar-refractivity contribution in [3.63, 3.8) is 0 Å². The second kappa shape index (κ2) is 12.6. The molecule has 0 spiro atoms. The van der Waals surface area contributed by atoms with Gasteiger partial charge in [0.15, 0.2) is 0 Å².